The van der Waals surface area contributed by atoms with Gasteiger partial charge < -0.3 is 10.2 Å². The first-order valence-corrected chi connectivity index (χ1v) is 6.94. The van der Waals surface area contributed by atoms with Crippen LogP contribution in [-0.2, 0) is 0 Å². The van der Waals surface area contributed by atoms with Crippen LogP contribution in [0.1, 0.15) is 49.9 Å². The minimum absolute atomic E-state index is 0.594. The molecular formula is C14H24N4. The molecule has 100 valence electrons. The number of nitrogens with one attached hydrogen (secondary N) is 1. The van der Waals surface area contributed by atoms with E-state index in [9.17, 15) is 0 Å². The highest BCUT2D eigenvalue weighted by molar-refractivity contribution is 5.58. The third kappa shape index (κ3) is 2.74. The smallest absolute Gasteiger partial charge is 0.137 e. The summed E-state index contributed by atoms with van der Waals surface area (Å²) in [5, 5.41) is 3.19. The molecule has 0 aromatic carbocycles. The number of aromatic nitrogens is 2. The van der Waals surface area contributed by atoms with E-state index in [4.69, 9.17) is 4.98 Å². The predicted molar refractivity (Wildman–Crippen MR) is 76.5 cm³/mol. The molecule has 0 radical (unpaired) electrons. The topological polar surface area (TPSA) is 41.1 Å². The number of nitrogens with zero attached hydrogens (tertiary/aromatic N) is 3. The molecule has 18 heavy (non-hydrogen) atoms. The molecule has 1 aliphatic rings. The SMILES string of the molecule is CCCCN(C)c1nc(C2CC2)nc(NC)c1C. The summed E-state index contributed by atoms with van der Waals surface area (Å²) in [7, 11) is 4.06. The van der Waals surface area contributed by atoms with E-state index < -0.39 is 0 Å². The van der Waals surface area contributed by atoms with Gasteiger partial charge >= 0.3 is 0 Å². The van der Waals surface area contributed by atoms with Gasteiger partial charge in [0.05, 0.1) is 0 Å². The van der Waals surface area contributed by atoms with Crippen LogP contribution < -0.4 is 10.2 Å². The standard InChI is InChI=1S/C14H24N4/c1-5-6-9-18(4)14-10(2)12(15-3)16-13(17-14)11-7-8-11/h11H,5-9H2,1-4H3,(H,15,16,17). The van der Waals surface area contributed by atoms with E-state index in [1.54, 1.807) is 0 Å². The molecule has 0 bridgehead atoms. The van der Waals surface area contributed by atoms with Gasteiger partial charge in [-0.2, -0.15) is 0 Å². The lowest BCUT2D eigenvalue weighted by molar-refractivity contribution is 0.751. The molecule has 4 heteroatoms. The molecule has 0 spiro atoms. The molecule has 1 heterocycles. The van der Waals surface area contributed by atoms with Gasteiger partial charge in [0.25, 0.3) is 0 Å². The molecule has 1 saturated carbocycles. The third-order valence-corrected chi connectivity index (χ3v) is 3.53. The second-order valence-electron chi connectivity index (χ2n) is 5.18. The Morgan fingerprint density at radius 1 is 1.33 bits per heavy atom. The molecule has 2 rings (SSSR count). The zero-order chi connectivity index (χ0) is 13.1. The van der Waals surface area contributed by atoms with E-state index in [0.29, 0.717) is 5.92 Å². The summed E-state index contributed by atoms with van der Waals surface area (Å²) >= 11 is 0. The van der Waals surface area contributed by atoms with Gasteiger partial charge in [-0.25, -0.2) is 9.97 Å². The largest absolute Gasteiger partial charge is 0.373 e. The highest BCUT2D eigenvalue weighted by atomic mass is 15.2. The van der Waals surface area contributed by atoms with E-state index in [1.165, 1.54) is 25.7 Å². The molecule has 1 fully saturated rings. The lowest BCUT2D eigenvalue weighted by Crippen LogP contribution is -2.22. The molecule has 0 aliphatic heterocycles. The Labute approximate surface area is 110 Å². The van der Waals surface area contributed by atoms with Gasteiger partial charge in [0.2, 0.25) is 0 Å². The Kier molecular flexibility index (Phi) is 4.04. The van der Waals surface area contributed by atoms with E-state index in [2.05, 4.69) is 36.1 Å². The first-order valence-electron chi connectivity index (χ1n) is 6.94. The van der Waals surface area contributed by atoms with Crippen molar-refractivity contribution < 1.29 is 0 Å². The minimum atomic E-state index is 0.594. The van der Waals surface area contributed by atoms with Crippen molar-refractivity contribution in [1.82, 2.24) is 9.97 Å². The summed E-state index contributed by atoms with van der Waals surface area (Å²) in [5.41, 5.74) is 1.15. The fourth-order valence-electron chi connectivity index (χ4n) is 2.16. The second-order valence-corrected chi connectivity index (χ2v) is 5.18. The Hall–Kier alpha value is -1.32. The van der Waals surface area contributed by atoms with Gasteiger partial charge in [-0.1, -0.05) is 13.3 Å². The summed E-state index contributed by atoms with van der Waals surface area (Å²) in [6.07, 6.45) is 4.89. The van der Waals surface area contributed by atoms with Crippen LogP contribution in [0, 0.1) is 6.92 Å². The normalized spacial score (nSPS) is 14.7. The van der Waals surface area contributed by atoms with E-state index in [-0.39, 0.29) is 0 Å². The van der Waals surface area contributed by atoms with Gasteiger partial charge in [-0.05, 0) is 26.2 Å². The molecule has 1 aliphatic carbocycles. The quantitative estimate of drug-likeness (QED) is 0.840. The molecule has 1 aromatic rings. The summed E-state index contributed by atoms with van der Waals surface area (Å²) in [6, 6.07) is 0. The van der Waals surface area contributed by atoms with Crippen molar-refractivity contribution in [1.29, 1.82) is 0 Å². The first-order chi connectivity index (χ1) is 8.67. The summed E-state index contributed by atoms with van der Waals surface area (Å²) < 4.78 is 0. The maximum atomic E-state index is 4.77. The van der Waals surface area contributed by atoms with Crippen molar-refractivity contribution in [3.63, 3.8) is 0 Å². The Bertz CT molecular complexity index is 413. The maximum Gasteiger partial charge on any atom is 0.137 e. The van der Waals surface area contributed by atoms with Gasteiger partial charge in [-0.15, -0.1) is 0 Å². The van der Waals surface area contributed by atoms with Crippen molar-refractivity contribution in [2.75, 3.05) is 30.9 Å². The van der Waals surface area contributed by atoms with Crippen LogP contribution in [0.2, 0.25) is 0 Å². The molecule has 0 atom stereocenters. The molecule has 1 aromatic heterocycles. The van der Waals surface area contributed by atoms with Gasteiger partial charge in [0, 0.05) is 32.1 Å². The average molecular weight is 248 g/mol. The second kappa shape index (κ2) is 5.55. The summed E-state index contributed by atoms with van der Waals surface area (Å²) in [6.45, 7) is 5.37. The van der Waals surface area contributed by atoms with Crippen molar-refractivity contribution in [2.24, 2.45) is 0 Å². The van der Waals surface area contributed by atoms with Crippen LogP contribution in [0.3, 0.4) is 0 Å². The molecule has 0 saturated heterocycles. The van der Waals surface area contributed by atoms with Crippen LogP contribution in [-0.4, -0.2) is 30.6 Å². The van der Waals surface area contributed by atoms with Crippen molar-refractivity contribution in [3.8, 4) is 0 Å². The first kappa shape index (κ1) is 13.1. The van der Waals surface area contributed by atoms with Gasteiger partial charge in [-0.3, -0.25) is 0 Å². The van der Waals surface area contributed by atoms with Gasteiger partial charge in [0.1, 0.15) is 17.5 Å². The average Bonchev–Trinajstić information content (AvgIpc) is 3.20. The lowest BCUT2D eigenvalue weighted by atomic mass is 10.2. The number of rotatable bonds is 6. The highest BCUT2D eigenvalue weighted by Gasteiger charge is 2.28. The fourth-order valence-corrected chi connectivity index (χ4v) is 2.16. The van der Waals surface area contributed by atoms with Crippen LogP contribution in [0.5, 0.6) is 0 Å². The zero-order valence-electron chi connectivity index (χ0n) is 12.0. The summed E-state index contributed by atoms with van der Waals surface area (Å²) in [5.74, 6) is 3.68. The highest BCUT2D eigenvalue weighted by Crippen LogP contribution is 2.39. The molecular weight excluding hydrogens is 224 g/mol. The van der Waals surface area contributed by atoms with Crippen molar-refractivity contribution in [3.05, 3.63) is 11.4 Å². The molecule has 4 nitrogen and oxygen atoms in total. The van der Waals surface area contributed by atoms with Crippen LogP contribution in [0.4, 0.5) is 11.6 Å². The van der Waals surface area contributed by atoms with Gasteiger partial charge in [0.15, 0.2) is 0 Å². The fraction of sp³-hybridized carbons (Fsp3) is 0.714. The third-order valence-electron chi connectivity index (χ3n) is 3.53. The molecule has 0 amide bonds. The van der Waals surface area contributed by atoms with Crippen molar-refractivity contribution >= 4 is 11.6 Å². The van der Waals surface area contributed by atoms with E-state index in [1.807, 2.05) is 7.05 Å². The van der Waals surface area contributed by atoms with Crippen molar-refractivity contribution in [2.45, 2.75) is 45.4 Å². The van der Waals surface area contributed by atoms with Crippen LogP contribution >= 0.6 is 0 Å². The Morgan fingerprint density at radius 3 is 2.61 bits per heavy atom. The Balaban J connectivity index is 2.28. The monoisotopic (exact) mass is 248 g/mol. The number of anilines is 2. The number of hydrogen-bond donors (Lipinski definition) is 1. The minimum Gasteiger partial charge on any atom is -0.373 e. The molecule has 1 N–H and O–H groups in total. The zero-order valence-corrected chi connectivity index (χ0v) is 12.0. The van der Waals surface area contributed by atoms with E-state index >= 15 is 0 Å². The number of hydrogen-bond acceptors (Lipinski definition) is 4. The van der Waals surface area contributed by atoms with Crippen LogP contribution in [0.25, 0.3) is 0 Å². The number of unbranched alkanes of at least 4 members (excludes halogenated alkanes) is 1. The predicted octanol–water partition coefficient (Wildman–Crippen LogP) is 2.94. The van der Waals surface area contributed by atoms with E-state index in [0.717, 1.165) is 29.6 Å². The van der Waals surface area contributed by atoms with Crippen LogP contribution in [0.15, 0.2) is 0 Å². The Morgan fingerprint density at radius 2 is 2.06 bits per heavy atom. The summed E-state index contributed by atoms with van der Waals surface area (Å²) in [4.78, 5) is 11.7. The maximum absolute atomic E-state index is 4.77. The molecule has 0 unspecified atom stereocenters. The lowest BCUT2D eigenvalue weighted by Gasteiger charge is -2.22.